The smallest absolute Gasteiger partial charge is 0.337 e. The maximum atomic E-state index is 12.5. The molecule has 0 saturated heterocycles. The number of esters is 1. The lowest BCUT2D eigenvalue weighted by Crippen LogP contribution is -2.48. The number of hydrogen-bond acceptors (Lipinski definition) is 4. The van der Waals surface area contributed by atoms with Gasteiger partial charge in [-0.05, 0) is 31.5 Å². The van der Waals surface area contributed by atoms with Gasteiger partial charge < -0.3 is 14.8 Å². The number of halogens is 1. The van der Waals surface area contributed by atoms with Crippen molar-refractivity contribution in [3.63, 3.8) is 0 Å². The topological polar surface area (TPSA) is 67.9 Å². The average Bonchev–Trinajstić information content (AvgIpc) is 2.57. The molecule has 1 aromatic carbocycles. The second-order valence-electron chi connectivity index (χ2n) is 5.41. The molecule has 2 rings (SSSR count). The molecule has 130 valence electrons. The summed E-state index contributed by atoms with van der Waals surface area (Å²) in [5.74, 6) is 0.113. The number of amides is 2. The van der Waals surface area contributed by atoms with Crippen molar-refractivity contribution in [2.75, 3.05) is 20.8 Å². The number of carbonyl (C=O) groups excluding carboxylic acids is 2. The van der Waals surface area contributed by atoms with E-state index in [0.29, 0.717) is 29.1 Å². The van der Waals surface area contributed by atoms with Crippen LogP contribution in [0.3, 0.4) is 0 Å². The molecule has 0 aromatic heterocycles. The number of ether oxygens (including phenoxy) is 2. The lowest BCUT2D eigenvalue weighted by atomic mass is 9.94. The van der Waals surface area contributed by atoms with Crippen LogP contribution >= 0.6 is 15.9 Å². The van der Waals surface area contributed by atoms with E-state index in [0.717, 1.165) is 10.9 Å². The molecular formula is C17H21BrN2O4. The molecule has 1 aromatic rings. The van der Waals surface area contributed by atoms with E-state index >= 15 is 0 Å². The Hall–Kier alpha value is -2.02. The zero-order valence-corrected chi connectivity index (χ0v) is 15.8. The van der Waals surface area contributed by atoms with E-state index in [9.17, 15) is 9.59 Å². The van der Waals surface area contributed by atoms with Crippen molar-refractivity contribution in [1.82, 2.24) is 10.2 Å². The summed E-state index contributed by atoms with van der Waals surface area (Å²) in [4.78, 5) is 26.4. The second-order valence-corrected chi connectivity index (χ2v) is 6.33. The molecule has 2 amide bonds. The monoisotopic (exact) mass is 396 g/mol. The summed E-state index contributed by atoms with van der Waals surface area (Å²) in [6.07, 6.45) is 0.782. The highest BCUT2D eigenvalue weighted by Crippen LogP contribution is 2.37. The Bertz CT molecular complexity index is 687. The van der Waals surface area contributed by atoms with E-state index in [1.807, 2.05) is 19.1 Å². The molecule has 0 radical (unpaired) electrons. The minimum Gasteiger partial charge on any atom is -0.496 e. The fraction of sp³-hybridized carbons (Fsp3) is 0.412. The summed E-state index contributed by atoms with van der Waals surface area (Å²) in [7, 11) is 2.88. The van der Waals surface area contributed by atoms with E-state index in [2.05, 4.69) is 21.2 Å². The molecule has 0 saturated carbocycles. The first kappa shape index (κ1) is 18.3. The van der Waals surface area contributed by atoms with Crippen molar-refractivity contribution in [2.24, 2.45) is 0 Å². The number of rotatable bonds is 5. The summed E-state index contributed by atoms with van der Waals surface area (Å²) in [6.45, 7) is 4.26. The molecule has 1 unspecified atom stereocenters. The Morgan fingerprint density at radius 3 is 2.67 bits per heavy atom. The third-order valence-corrected chi connectivity index (χ3v) is 4.44. The van der Waals surface area contributed by atoms with Crippen molar-refractivity contribution < 1.29 is 19.1 Å². The summed E-state index contributed by atoms with van der Waals surface area (Å²) < 4.78 is 11.2. The Morgan fingerprint density at radius 2 is 2.08 bits per heavy atom. The molecule has 1 aliphatic heterocycles. The number of nitrogens with one attached hydrogen (secondary N) is 1. The molecule has 1 aliphatic rings. The van der Waals surface area contributed by atoms with Gasteiger partial charge in [0.05, 0.1) is 25.8 Å². The first-order valence-corrected chi connectivity index (χ1v) is 8.44. The summed E-state index contributed by atoms with van der Waals surface area (Å²) in [5.41, 5.74) is 1.69. The Labute approximate surface area is 149 Å². The standard InChI is InChI=1S/C17H21BrN2O4/c1-5-8-20-10(2)14(16(21)24-4)15(19-17(20)22)12-9-11(18)6-7-13(12)23-3/h6-7,9,15H,5,8H2,1-4H3,(H,19,22). The van der Waals surface area contributed by atoms with Gasteiger partial charge in [0.2, 0.25) is 0 Å². The Kier molecular flexibility index (Phi) is 5.88. The lowest BCUT2D eigenvalue weighted by molar-refractivity contribution is -0.136. The third-order valence-electron chi connectivity index (χ3n) is 3.95. The minimum absolute atomic E-state index is 0.242. The molecule has 0 aliphatic carbocycles. The van der Waals surface area contributed by atoms with Gasteiger partial charge in [0.15, 0.2) is 0 Å². The summed E-state index contributed by atoms with van der Waals surface area (Å²) in [6, 6.07) is 4.58. The van der Waals surface area contributed by atoms with Gasteiger partial charge in [0.25, 0.3) is 0 Å². The fourth-order valence-electron chi connectivity index (χ4n) is 2.81. The van der Waals surface area contributed by atoms with Gasteiger partial charge in [-0.3, -0.25) is 4.90 Å². The normalized spacial score (nSPS) is 17.6. The van der Waals surface area contributed by atoms with Gasteiger partial charge in [-0.2, -0.15) is 0 Å². The first-order valence-electron chi connectivity index (χ1n) is 7.65. The van der Waals surface area contributed by atoms with Crippen LogP contribution < -0.4 is 10.1 Å². The van der Waals surface area contributed by atoms with Crippen LogP contribution in [0, 0.1) is 0 Å². The molecule has 1 atom stereocenters. The van der Waals surface area contributed by atoms with Gasteiger partial charge in [-0.25, -0.2) is 9.59 Å². The van der Waals surface area contributed by atoms with Crippen LogP contribution in [0.5, 0.6) is 5.75 Å². The van der Waals surface area contributed by atoms with Crippen LogP contribution in [-0.4, -0.2) is 37.7 Å². The Morgan fingerprint density at radius 1 is 1.38 bits per heavy atom. The first-order chi connectivity index (χ1) is 11.4. The summed E-state index contributed by atoms with van der Waals surface area (Å²) in [5, 5.41) is 2.89. The molecule has 0 spiro atoms. The molecular weight excluding hydrogens is 376 g/mol. The maximum Gasteiger partial charge on any atom is 0.337 e. The van der Waals surface area contributed by atoms with Crippen molar-refractivity contribution in [1.29, 1.82) is 0 Å². The number of allylic oxidation sites excluding steroid dienone is 1. The van der Waals surface area contributed by atoms with E-state index in [1.165, 1.54) is 7.11 Å². The third kappa shape index (κ3) is 3.40. The quantitative estimate of drug-likeness (QED) is 0.774. The van der Waals surface area contributed by atoms with Gasteiger partial charge in [-0.15, -0.1) is 0 Å². The van der Waals surface area contributed by atoms with Crippen LogP contribution in [0.25, 0.3) is 0 Å². The zero-order valence-electron chi connectivity index (χ0n) is 14.2. The highest BCUT2D eigenvalue weighted by molar-refractivity contribution is 9.10. The molecule has 1 N–H and O–H groups in total. The zero-order chi connectivity index (χ0) is 17.9. The molecule has 0 bridgehead atoms. The number of urea groups is 1. The number of carbonyl (C=O) groups is 2. The average molecular weight is 397 g/mol. The molecule has 24 heavy (non-hydrogen) atoms. The van der Waals surface area contributed by atoms with Crippen LogP contribution in [0.2, 0.25) is 0 Å². The number of hydrogen-bond donors (Lipinski definition) is 1. The molecule has 1 heterocycles. The van der Waals surface area contributed by atoms with Gasteiger partial charge in [0.1, 0.15) is 5.75 Å². The van der Waals surface area contributed by atoms with Crippen LogP contribution in [-0.2, 0) is 9.53 Å². The second kappa shape index (κ2) is 7.70. The van der Waals surface area contributed by atoms with Crippen LogP contribution in [0.1, 0.15) is 31.9 Å². The fourth-order valence-corrected chi connectivity index (χ4v) is 3.19. The highest BCUT2D eigenvalue weighted by Gasteiger charge is 2.37. The highest BCUT2D eigenvalue weighted by atomic mass is 79.9. The number of nitrogens with zero attached hydrogens (tertiary/aromatic N) is 1. The van der Waals surface area contributed by atoms with Crippen molar-refractivity contribution in [3.05, 3.63) is 39.5 Å². The maximum absolute atomic E-state index is 12.5. The van der Waals surface area contributed by atoms with Gasteiger partial charge >= 0.3 is 12.0 Å². The number of benzene rings is 1. The van der Waals surface area contributed by atoms with E-state index in [1.54, 1.807) is 25.0 Å². The van der Waals surface area contributed by atoms with Gasteiger partial charge in [-0.1, -0.05) is 22.9 Å². The van der Waals surface area contributed by atoms with Crippen LogP contribution in [0.4, 0.5) is 4.79 Å². The van der Waals surface area contributed by atoms with Crippen molar-refractivity contribution >= 4 is 27.9 Å². The summed E-state index contributed by atoms with van der Waals surface area (Å²) >= 11 is 3.42. The van der Waals surface area contributed by atoms with Crippen molar-refractivity contribution in [2.45, 2.75) is 26.3 Å². The van der Waals surface area contributed by atoms with E-state index in [-0.39, 0.29) is 6.03 Å². The molecule has 0 fully saturated rings. The number of methoxy groups -OCH3 is 2. The largest absolute Gasteiger partial charge is 0.496 e. The van der Waals surface area contributed by atoms with Crippen LogP contribution in [0.15, 0.2) is 33.9 Å². The van der Waals surface area contributed by atoms with Gasteiger partial charge in [0, 0.05) is 22.3 Å². The lowest BCUT2D eigenvalue weighted by Gasteiger charge is -2.35. The predicted octanol–water partition coefficient (Wildman–Crippen LogP) is 3.38. The molecule has 6 nitrogen and oxygen atoms in total. The molecule has 7 heteroatoms. The minimum atomic E-state index is -0.634. The van der Waals surface area contributed by atoms with Crippen molar-refractivity contribution in [3.8, 4) is 5.75 Å². The predicted molar refractivity (Wildman–Crippen MR) is 93.7 cm³/mol. The van der Waals surface area contributed by atoms with E-state index < -0.39 is 12.0 Å². The Balaban J connectivity index is 2.62. The van der Waals surface area contributed by atoms with E-state index in [4.69, 9.17) is 9.47 Å². The SMILES string of the molecule is CCCN1C(=O)NC(c2cc(Br)ccc2OC)C(C(=O)OC)=C1C.